The number of imide groups is 1. The number of amides is 2. The summed E-state index contributed by atoms with van der Waals surface area (Å²) >= 11 is 0. The Labute approximate surface area is 147 Å². The quantitative estimate of drug-likeness (QED) is 0.614. The van der Waals surface area contributed by atoms with Crippen molar-refractivity contribution in [2.45, 2.75) is 25.3 Å². The van der Waals surface area contributed by atoms with Crippen LogP contribution >= 0.6 is 0 Å². The maximum Gasteiger partial charge on any atom is 0.292 e. The molecule has 0 radical (unpaired) electrons. The minimum atomic E-state index is -0.314. The molecule has 1 aliphatic heterocycles. The monoisotopic (exact) mass is 339 g/mol. The molecule has 2 amide bonds. The van der Waals surface area contributed by atoms with Gasteiger partial charge in [-0.1, -0.05) is 30.3 Å². The van der Waals surface area contributed by atoms with Crippen LogP contribution in [0.2, 0.25) is 0 Å². The first-order valence-electron chi connectivity index (χ1n) is 8.57. The Balaban J connectivity index is 1.53. The molecule has 1 heterocycles. The zero-order valence-corrected chi connectivity index (χ0v) is 14.4. The Kier molecular flexibility index (Phi) is 5.46. The van der Waals surface area contributed by atoms with Gasteiger partial charge in [-0.05, 0) is 36.2 Å². The molecule has 1 aliphatic rings. The average molecular weight is 339 g/mol. The number of rotatable bonds is 7. The lowest BCUT2D eigenvalue weighted by Crippen LogP contribution is -2.91. The highest BCUT2D eigenvalue weighted by atomic mass is 16.5. The van der Waals surface area contributed by atoms with Crippen molar-refractivity contribution in [3.63, 3.8) is 0 Å². The average Bonchev–Trinajstić information content (AvgIpc) is 2.93. The molecule has 1 saturated heterocycles. The molecule has 0 aliphatic carbocycles. The van der Waals surface area contributed by atoms with Crippen molar-refractivity contribution >= 4 is 17.5 Å². The minimum Gasteiger partial charge on any atom is -0.497 e. The molecule has 130 valence electrons. The summed E-state index contributed by atoms with van der Waals surface area (Å²) < 4.78 is 5.11. The topological polar surface area (TPSA) is 63.2 Å². The number of carbonyl (C=O) groups is 2. The molecule has 0 spiro atoms. The van der Waals surface area contributed by atoms with E-state index in [1.807, 2.05) is 23.5 Å². The van der Waals surface area contributed by atoms with Gasteiger partial charge in [0.25, 0.3) is 5.91 Å². The number of methoxy groups -OCH3 is 1. The molecule has 2 N–H and O–H groups in total. The number of quaternary nitrogens is 1. The van der Waals surface area contributed by atoms with Gasteiger partial charge in [-0.15, -0.1) is 0 Å². The Morgan fingerprint density at radius 2 is 1.80 bits per heavy atom. The highest BCUT2D eigenvalue weighted by molar-refractivity contribution is 6.21. The van der Waals surface area contributed by atoms with Gasteiger partial charge in [-0.25, -0.2) is 4.90 Å². The molecule has 0 saturated carbocycles. The lowest BCUT2D eigenvalue weighted by atomic mass is 10.1. The van der Waals surface area contributed by atoms with Crippen molar-refractivity contribution < 1.29 is 19.6 Å². The van der Waals surface area contributed by atoms with E-state index in [1.165, 1.54) is 10.5 Å². The first kappa shape index (κ1) is 17.2. The largest absolute Gasteiger partial charge is 0.497 e. The SMILES string of the molecule is COc1ccc(N2C(=O)C[C@H]([NH2+]CCCc3ccccc3)C2=O)cc1. The van der Waals surface area contributed by atoms with E-state index in [2.05, 4.69) is 12.1 Å². The van der Waals surface area contributed by atoms with Gasteiger partial charge in [0, 0.05) is 6.42 Å². The predicted octanol–water partition coefficient (Wildman–Crippen LogP) is 1.52. The lowest BCUT2D eigenvalue weighted by molar-refractivity contribution is -0.674. The van der Waals surface area contributed by atoms with Crippen molar-refractivity contribution in [1.29, 1.82) is 0 Å². The van der Waals surface area contributed by atoms with Gasteiger partial charge in [-0.3, -0.25) is 9.59 Å². The van der Waals surface area contributed by atoms with Crippen LogP contribution in [0.3, 0.4) is 0 Å². The smallest absolute Gasteiger partial charge is 0.292 e. The van der Waals surface area contributed by atoms with Crippen LogP contribution < -0.4 is 15.0 Å². The molecule has 2 aromatic carbocycles. The van der Waals surface area contributed by atoms with Crippen LogP contribution in [-0.2, 0) is 16.0 Å². The second kappa shape index (κ2) is 7.94. The third-order valence-electron chi connectivity index (χ3n) is 4.48. The summed E-state index contributed by atoms with van der Waals surface area (Å²) in [6, 6.07) is 17.0. The molecule has 1 atom stereocenters. The molecule has 5 heteroatoms. The fraction of sp³-hybridized carbons (Fsp3) is 0.300. The van der Waals surface area contributed by atoms with Crippen LogP contribution in [-0.4, -0.2) is 31.5 Å². The number of hydrogen-bond donors (Lipinski definition) is 1. The number of aryl methyl sites for hydroxylation is 1. The Hall–Kier alpha value is -2.66. The van der Waals surface area contributed by atoms with Crippen LogP contribution in [0, 0.1) is 0 Å². The maximum absolute atomic E-state index is 12.6. The first-order valence-corrected chi connectivity index (χ1v) is 8.57. The fourth-order valence-electron chi connectivity index (χ4n) is 3.11. The number of benzene rings is 2. The van der Waals surface area contributed by atoms with Gasteiger partial charge in [0.2, 0.25) is 5.91 Å². The molecule has 1 fully saturated rings. The number of anilines is 1. The molecular formula is C20H23N2O3+. The third kappa shape index (κ3) is 4.06. The summed E-state index contributed by atoms with van der Waals surface area (Å²) in [5.74, 6) is 0.432. The molecule has 5 nitrogen and oxygen atoms in total. The fourth-order valence-corrected chi connectivity index (χ4v) is 3.11. The summed E-state index contributed by atoms with van der Waals surface area (Å²) in [6.07, 6.45) is 2.22. The van der Waals surface area contributed by atoms with E-state index in [1.54, 1.807) is 31.4 Å². The summed E-state index contributed by atoms with van der Waals surface area (Å²) in [6.45, 7) is 0.828. The van der Waals surface area contributed by atoms with Crippen LogP contribution in [0.5, 0.6) is 5.75 Å². The van der Waals surface area contributed by atoms with Crippen molar-refractivity contribution in [1.82, 2.24) is 0 Å². The second-order valence-electron chi connectivity index (χ2n) is 6.19. The molecular weight excluding hydrogens is 316 g/mol. The normalized spacial score (nSPS) is 17.2. The Bertz CT molecular complexity index is 728. The van der Waals surface area contributed by atoms with Gasteiger partial charge in [-0.2, -0.15) is 0 Å². The van der Waals surface area contributed by atoms with Crippen molar-refractivity contribution in [2.24, 2.45) is 0 Å². The van der Waals surface area contributed by atoms with E-state index < -0.39 is 0 Å². The molecule has 3 rings (SSSR count). The number of carbonyl (C=O) groups excluding carboxylic acids is 2. The zero-order valence-electron chi connectivity index (χ0n) is 14.4. The zero-order chi connectivity index (χ0) is 17.6. The van der Waals surface area contributed by atoms with E-state index in [0.29, 0.717) is 11.4 Å². The number of nitrogens with two attached hydrogens (primary N) is 1. The summed E-state index contributed by atoms with van der Waals surface area (Å²) in [7, 11) is 1.58. The van der Waals surface area contributed by atoms with E-state index in [9.17, 15) is 9.59 Å². The van der Waals surface area contributed by atoms with Gasteiger partial charge in [0.05, 0.1) is 25.8 Å². The Morgan fingerprint density at radius 3 is 2.48 bits per heavy atom. The van der Waals surface area contributed by atoms with Crippen molar-refractivity contribution in [3.8, 4) is 5.75 Å². The first-order chi connectivity index (χ1) is 12.2. The highest BCUT2D eigenvalue weighted by Crippen LogP contribution is 2.24. The highest BCUT2D eigenvalue weighted by Gasteiger charge is 2.41. The number of nitrogens with zero attached hydrogens (tertiary/aromatic N) is 1. The summed E-state index contributed by atoms with van der Waals surface area (Å²) in [5, 5.41) is 1.99. The maximum atomic E-state index is 12.6. The van der Waals surface area contributed by atoms with Gasteiger partial charge in [0.1, 0.15) is 5.75 Å². The van der Waals surface area contributed by atoms with Crippen LogP contribution in [0.1, 0.15) is 18.4 Å². The van der Waals surface area contributed by atoms with Gasteiger partial charge >= 0.3 is 0 Å². The molecule has 0 aromatic heterocycles. The standard InChI is InChI=1S/C20H22N2O3/c1-25-17-11-9-16(10-12-17)22-19(23)14-18(20(22)24)21-13-5-8-15-6-3-2-4-7-15/h2-4,6-7,9-12,18,21H,5,8,13-14H2,1H3/p+1/t18-/m0/s1. The summed E-state index contributed by atoms with van der Waals surface area (Å²) in [4.78, 5) is 26.1. The third-order valence-corrected chi connectivity index (χ3v) is 4.48. The Morgan fingerprint density at radius 1 is 1.08 bits per heavy atom. The molecule has 25 heavy (non-hydrogen) atoms. The van der Waals surface area contributed by atoms with E-state index >= 15 is 0 Å². The minimum absolute atomic E-state index is 0.130. The van der Waals surface area contributed by atoms with Crippen LogP contribution in [0.15, 0.2) is 54.6 Å². The van der Waals surface area contributed by atoms with Crippen molar-refractivity contribution in [3.05, 3.63) is 60.2 Å². The lowest BCUT2D eigenvalue weighted by Gasteiger charge is -2.14. The van der Waals surface area contributed by atoms with E-state index in [4.69, 9.17) is 4.74 Å². The predicted molar refractivity (Wildman–Crippen MR) is 95.4 cm³/mol. The molecule has 2 aromatic rings. The van der Waals surface area contributed by atoms with Crippen LogP contribution in [0.25, 0.3) is 0 Å². The number of ether oxygens (including phenoxy) is 1. The van der Waals surface area contributed by atoms with Gasteiger partial charge in [0.15, 0.2) is 6.04 Å². The number of hydrogen-bond acceptors (Lipinski definition) is 3. The van der Waals surface area contributed by atoms with Gasteiger partial charge < -0.3 is 10.1 Å². The molecule has 0 unspecified atom stereocenters. The van der Waals surface area contributed by atoms with Crippen LogP contribution in [0.4, 0.5) is 5.69 Å². The molecule has 0 bridgehead atoms. The van der Waals surface area contributed by atoms with E-state index in [-0.39, 0.29) is 24.3 Å². The van der Waals surface area contributed by atoms with E-state index in [0.717, 1.165) is 19.4 Å². The van der Waals surface area contributed by atoms with Crippen molar-refractivity contribution in [2.75, 3.05) is 18.6 Å². The second-order valence-corrected chi connectivity index (χ2v) is 6.19. The summed E-state index contributed by atoms with van der Waals surface area (Å²) in [5.41, 5.74) is 1.90.